The summed E-state index contributed by atoms with van der Waals surface area (Å²) in [5.74, 6) is -0.480. The van der Waals surface area contributed by atoms with Crippen molar-refractivity contribution in [2.45, 2.75) is 12.4 Å². The molecule has 3 aromatic rings. The smallest absolute Gasteiger partial charge is 0.435 e. The van der Waals surface area contributed by atoms with Crippen LogP contribution in [0.2, 0.25) is 0 Å². The number of hydrogen-bond donors (Lipinski definition) is 1. The molecule has 0 fully saturated rings. The van der Waals surface area contributed by atoms with Crippen LogP contribution in [-0.2, 0) is 12.4 Å². The fourth-order valence-electron chi connectivity index (χ4n) is 2.35. The van der Waals surface area contributed by atoms with Gasteiger partial charge in [-0.15, -0.1) is 11.3 Å². The van der Waals surface area contributed by atoms with Crippen LogP contribution in [-0.4, -0.2) is 22.8 Å². The Morgan fingerprint density at radius 3 is 2.24 bits per heavy atom. The predicted octanol–water partition coefficient (Wildman–Crippen LogP) is 5.23. The zero-order valence-electron chi connectivity index (χ0n) is 14.4. The SMILES string of the molecule is COc1cc(C(=O)Nc2ccc(-n3nc(C(F)(F)F)cc3C(F)(F)F)cc2)cs1. The minimum atomic E-state index is -5.04. The van der Waals surface area contributed by atoms with Crippen molar-refractivity contribution in [3.63, 3.8) is 0 Å². The Morgan fingerprint density at radius 2 is 1.72 bits per heavy atom. The number of alkyl halides is 6. The Bertz CT molecular complexity index is 1020. The maximum absolute atomic E-state index is 13.1. The van der Waals surface area contributed by atoms with Gasteiger partial charge in [0.15, 0.2) is 10.8 Å². The van der Waals surface area contributed by atoms with Gasteiger partial charge in [-0.3, -0.25) is 4.79 Å². The number of benzene rings is 1. The van der Waals surface area contributed by atoms with E-state index in [9.17, 15) is 31.1 Å². The Hall–Kier alpha value is -3.02. The highest BCUT2D eigenvalue weighted by Gasteiger charge is 2.42. The van der Waals surface area contributed by atoms with Gasteiger partial charge in [-0.2, -0.15) is 31.4 Å². The first-order chi connectivity index (χ1) is 13.5. The largest absolute Gasteiger partial charge is 0.487 e. The first-order valence-electron chi connectivity index (χ1n) is 7.78. The molecule has 0 radical (unpaired) electrons. The van der Waals surface area contributed by atoms with Crippen LogP contribution in [0.25, 0.3) is 5.69 Å². The molecule has 0 saturated carbocycles. The third-order valence-corrected chi connectivity index (χ3v) is 4.59. The maximum atomic E-state index is 13.1. The molecule has 0 spiro atoms. The van der Waals surface area contributed by atoms with Crippen molar-refractivity contribution >= 4 is 22.9 Å². The highest BCUT2D eigenvalue weighted by atomic mass is 32.1. The third-order valence-electron chi connectivity index (χ3n) is 3.70. The Kier molecular flexibility index (Phi) is 5.30. The van der Waals surface area contributed by atoms with Crippen molar-refractivity contribution in [3.05, 3.63) is 58.7 Å². The van der Waals surface area contributed by atoms with E-state index in [0.717, 1.165) is 12.1 Å². The number of aromatic nitrogens is 2. The van der Waals surface area contributed by atoms with E-state index < -0.39 is 29.6 Å². The number of carbonyl (C=O) groups excluding carboxylic acids is 1. The van der Waals surface area contributed by atoms with E-state index in [1.165, 1.54) is 36.6 Å². The Labute approximate surface area is 163 Å². The molecule has 0 aliphatic rings. The van der Waals surface area contributed by atoms with E-state index in [2.05, 4.69) is 10.4 Å². The van der Waals surface area contributed by atoms with Gasteiger partial charge in [0.2, 0.25) is 0 Å². The normalized spacial score (nSPS) is 12.1. The summed E-state index contributed by atoms with van der Waals surface area (Å²) in [6, 6.07) is 6.20. The molecule has 3 rings (SSSR count). The number of nitrogens with zero attached hydrogens (tertiary/aromatic N) is 2. The predicted molar refractivity (Wildman–Crippen MR) is 92.4 cm³/mol. The molecule has 29 heavy (non-hydrogen) atoms. The average molecular weight is 435 g/mol. The summed E-state index contributed by atoms with van der Waals surface area (Å²) in [4.78, 5) is 12.1. The fourth-order valence-corrected chi connectivity index (χ4v) is 3.06. The van der Waals surface area contributed by atoms with Gasteiger partial charge in [-0.05, 0) is 24.3 Å². The number of amides is 1. The van der Waals surface area contributed by atoms with Crippen molar-refractivity contribution in [3.8, 4) is 10.8 Å². The first kappa shape index (κ1) is 20.7. The highest BCUT2D eigenvalue weighted by molar-refractivity contribution is 7.12. The second-order valence-corrected chi connectivity index (χ2v) is 6.56. The molecule has 1 aromatic carbocycles. The van der Waals surface area contributed by atoms with Crippen molar-refractivity contribution in [1.29, 1.82) is 0 Å². The third kappa shape index (κ3) is 4.53. The molecule has 0 atom stereocenters. The van der Waals surface area contributed by atoms with Crippen LogP contribution in [0, 0.1) is 0 Å². The van der Waals surface area contributed by atoms with Crippen LogP contribution in [0.3, 0.4) is 0 Å². The van der Waals surface area contributed by atoms with Crippen molar-refractivity contribution in [1.82, 2.24) is 9.78 Å². The van der Waals surface area contributed by atoms with E-state index in [0.29, 0.717) is 10.6 Å². The molecular weight excluding hydrogens is 424 g/mol. The summed E-state index contributed by atoms with van der Waals surface area (Å²) in [7, 11) is 1.45. The number of nitrogens with one attached hydrogen (secondary N) is 1. The zero-order valence-corrected chi connectivity index (χ0v) is 15.2. The van der Waals surface area contributed by atoms with Crippen molar-refractivity contribution in [2.75, 3.05) is 12.4 Å². The molecule has 12 heteroatoms. The molecule has 1 N–H and O–H groups in total. The summed E-state index contributed by atoms with van der Waals surface area (Å²) in [6.45, 7) is 0. The number of methoxy groups -OCH3 is 1. The number of carbonyl (C=O) groups is 1. The number of thiophene rings is 1. The van der Waals surface area contributed by atoms with E-state index in [1.807, 2.05) is 0 Å². The standard InChI is InChI=1S/C17H11F6N3O2S/c1-28-14-6-9(8-29-14)15(27)24-10-2-4-11(5-3-10)26-13(17(21,22)23)7-12(25-26)16(18,19)20/h2-8H,1H3,(H,24,27). The van der Waals surface area contributed by atoms with Crippen LogP contribution in [0.1, 0.15) is 21.7 Å². The summed E-state index contributed by atoms with van der Waals surface area (Å²) >= 11 is 1.20. The number of ether oxygens (including phenoxy) is 1. The monoisotopic (exact) mass is 435 g/mol. The van der Waals surface area contributed by atoms with Crippen LogP contribution in [0.4, 0.5) is 32.0 Å². The lowest BCUT2D eigenvalue weighted by Crippen LogP contribution is -2.14. The van der Waals surface area contributed by atoms with Gasteiger partial charge in [-0.1, -0.05) is 0 Å². The molecule has 2 aromatic heterocycles. The minimum absolute atomic E-state index is 0.0559. The lowest BCUT2D eigenvalue weighted by molar-refractivity contribution is -0.143. The second kappa shape index (κ2) is 7.43. The summed E-state index contributed by atoms with van der Waals surface area (Å²) in [6.07, 6.45) is -10.1. The van der Waals surface area contributed by atoms with Crippen LogP contribution in [0.5, 0.6) is 5.06 Å². The maximum Gasteiger partial charge on any atom is 0.435 e. The van der Waals surface area contributed by atoms with E-state index in [4.69, 9.17) is 4.74 Å². The summed E-state index contributed by atoms with van der Waals surface area (Å²) < 4.78 is 82.8. The van der Waals surface area contributed by atoms with Gasteiger partial charge in [-0.25, -0.2) is 4.68 Å². The van der Waals surface area contributed by atoms with Gasteiger partial charge in [0.05, 0.1) is 18.4 Å². The molecule has 5 nitrogen and oxygen atoms in total. The van der Waals surface area contributed by atoms with E-state index >= 15 is 0 Å². The lowest BCUT2D eigenvalue weighted by Gasteiger charge is -2.11. The molecule has 154 valence electrons. The highest BCUT2D eigenvalue weighted by Crippen LogP contribution is 2.36. The number of halogens is 6. The Morgan fingerprint density at radius 1 is 1.07 bits per heavy atom. The van der Waals surface area contributed by atoms with Gasteiger partial charge < -0.3 is 10.1 Å². The van der Waals surface area contributed by atoms with Gasteiger partial charge in [0, 0.05) is 23.2 Å². The molecule has 0 saturated heterocycles. The quantitative estimate of drug-likeness (QED) is 0.571. The van der Waals surface area contributed by atoms with Gasteiger partial charge in [0.1, 0.15) is 5.69 Å². The second-order valence-electron chi connectivity index (χ2n) is 5.68. The van der Waals surface area contributed by atoms with Crippen LogP contribution in [0.15, 0.2) is 41.8 Å². The van der Waals surface area contributed by atoms with Crippen molar-refractivity contribution < 1.29 is 35.9 Å². The van der Waals surface area contributed by atoms with Crippen molar-refractivity contribution in [2.24, 2.45) is 0 Å². The molecule has 0 unspecified atom stereocenters. The summed E-state index contributed by atoms with van der Waals surface area (Å²) in [5.41, 5.74) is -2.92. The molecule has 1 amide bonds. The average Bonchev–Trinajstić information content (AvgIpc) is 3.29. The molecule has 0 aliphatic carbocycles. The number of hydrogen-bond acceptors (Lipinski definition) is 4. The van der Waals surface area contributed by atoms with E-state index in [-0.39, 0.29) is 22.1 Å². The van der Waals surface area contributed by atoms with Crippen LogP contribution >= 0.6 is 11.3 Å². The number of anilines is 1. The summed E-state index contributed by atoms with van der Waals surface area (Å²) in [5, 5.41) is 7.64. The number of rotatable bonds is 4. The first-order valence-corrected chi connectivity index (χ1v) is 8.66. The molecule has 0 bridgehead atoms. The fraction of sp³-hybridized carbons (Fsp3) is 0.176. The molecular formula is C17H11F6N3O2S. The van der Waals surface area contributed by atoms with Gasteiger partial charge in [0.25, 0.3) is 5.91 Å². The van der Waals surface area contributed by atoms with E-state index in [1.54, 1.807) is 5.38 Å². The van der Waals surface area contributed by atoms with Crippen LogP contribution < -0.4 is 10.1 Å². The molecule has 2 heterocycles. The Balaban J connectivity index is 1.86. The van der Waals surface area contributed by atoms with Gasteiger partial charge >= 0.3 is 12.4 Å². The zero-order chi connectivity index (χ0) is 21.4. The topological polar surface area (TPSA) is 56.1 Å². The lowest BCUT2D eigenvalue weighted by atomic mass is 10.2. The molecule has 0 aliphatic heterocycles. The minimum Gasteiger partial charge on any atom is -0.487 e.